The van der Waals surface area contributed by atoms with Crippen molar-refractivity contribution in [3.05, 3.63) is 23.7 Å². The third-order valence-electron chi connectivity index (χ3n) is 3.82. The van der Waals surface area contributed by atoms with Crippen LogP contribution in [0.4, 0.5) is 0 Å². The fourth-order valence-electron chi connectivity index (χ4n) is 4.06. The molecule has 4 heteroatoms. The summed E-state index contributed by atoms with van der Waals surface area (Å²) in [6.45, 7) is 8.40. The summed E-state index contributed by atoms with van der Waals surface area (Å²) in [5.41, 5.74) is -1.25. The van der Waals surface area contributed by atoms with Gasteiger partial charge in [-0.2, -0.15) is 0 Å². The summed E-state index contributed by atoms with van der Waals surface area (Å²) in [4.78, 5) is 11.2. The maximum absolute atomic E-state index is 11.2. The van der Waals surface area contributed by atoms with Crippen LogP contribution in [0.15, 0.2) is 16.7 Å². The Labute approximate surface area is 113 Å². The van der Waals surface area contributed by atoms with Crippen molar-refractivity contribution in [1.82, 2.24) is 0 Å². The zero-order valence-electron chi connectivity index (χ0n) is 12.0. The second kappa shape index (κ2) is 4.10. The Morgan fingerprint density at radius 1 is 1.16 bits per heavy atom. The van der Waals surface area contributed by atoms with Gasteiger partial charge in [-0.1, -0.05) is 27.7 Å². The molecule has 0 aromatic carbocycles. The molecular weight excluding hydrogens is 244 g/mol. The SMILES string of the molecule is CC1(C)CC(C)(C)CC(O)(c2occc2C(=O)O)C1. The molecule has 2 N–H and O–H groups in total. The summed E-state index contributed by atoms with van der Waals surface area (Å²) >= 11 is 0. The average molecular weight is 266 g/mol. The molecule has 0 aliphatic heterocycles. The maximum atomic E-state index is 11.2. The molecule has 0 amide bonds. The minimum Gasteiger partial charge on any atom is -0.478 e. The van der Waals surface area contributed by atoms with Crippen LogP contribution in [0.25, 0.3) is 0 Å². The number of carboxylic acids is 1. The second-order valence-electron chi connectivity index (χ2n) is 7.36. The van der Waals surface area contributed by atoms with Gasteiger partial charge in [0.15, 0.2) is 0 Å². The van der Waals surface area contributed by atoms with Crippen molar-refractivity contribution >= 4 is 5.97 Å². The van der Waals surface area contributed by atoms with Crippen LogP contribution in [0.5, 0.6) is 0 Å². The topological polar surface area (TPSA) is 70.7 Å². The van der Waals surface area contributed by atoms with E-state index in [1.807, 2.05) is 0 Å². The van der Waals surface area contributed by atoms with Crippen molar-refractivity contribution < 1.29 is 19.4 Å². The monoisotopic (exact) mass is 266 g/mol. The van der Waals surface area contributed by atoms with Gasteiger partial charge in [-0.3, -0.25) is 0 Å². The van der Waals surface area contributed by atoms with Crippen molar-refractivity contribution in [3.8, 4) is 0 Å². The van der Waals surface area contributed by atoms with E-state index in [9.17, 15) is 15.0 Å². The molecule has 0 atom stereocenters. The first-order valence-electron chi connectivity index (χ1n) is 6.58. The maximum Gasteiger partial charge on any atom is 0.339 e. The first-order valence-corrected chi connectivity index (χ1v) is 6.58. The zero-order chi connectivity index (χ0) is 14.5. The van der Waals surface area contributed by atoms with Gasteiger partial charge in [-0.25, -0.2) is 4.79 Å². The largest absolute Gasteiger partial charge is 0.478 e. The lowest BCUT2D eigenvalue weighted by atomic mass is 9.59. The minimum absolute atomic E-state index is 0.0565. The number of carboxylic acid groups (broad SMARTS) is 1. The highest BCUT2D eigenvalue weighted by Crippen LogP contribution is 2.54. The van der Waals surface area contributed by atoms with Crippen molar-refractivity contribution in [1.29, 1.82) is 0 Å². The van der Waals surface area contributed by atoms with Crippen molar-refractivity contribution in [2.75, 3.05) is 0 Å². The molecule has 1 aromatic rings. The highest BCUT2D eigenvalue weighted by atomic mass is 16.4. The van der Waals surface area contributed by atoms with Crippen LogP contribution in [0.1, 0.15) is 63.1 Å². The number of carbonyl (C=O) groups is 1. The molecule has 1 aliphatic rings. The Morgan fingerprint density at radius 2 is 1.68 bits per heavy atom. The van der Waals surface area contributed by atoms with Gasteiger partial charge in [0, 0.05) is 0 Å². The van der Waals surface area contributed by atoms with E-state index in [1.54, 1.807) is 0 Å². The highest BCUT2D eigenvalue weighted by molar-refractivity contribution is 5.89. The van der Waals surface area contributed by atoms with E-state index in [4.69, 9.17) is 4.42 Å². The van der Waals surface area contributed by atoms with Crippen molar-refractivity contribution in [3.63, 3.8) is 0 Å². The lowest BCUT2D eigenvalue weighted by molar-refractivity contribution is -0.104. The number of aliphatic hydroxyl groups is 1. The first kappa shape index (κ1) is 14.1. The number of hydrogen-bond donors (Lipinski definition) is 2. The Hall–Kier alpha value is -1.29. The van der Waals surface area contributed by atoms with E-state index in [-0.39, 0.29) is 22.2 Å². The fourth-order valence-corrected chi connectivity index (χ4v) is 4.06. The molecule has 0 unspecified atom stereocenters. The van der Waals surface area contributed by atoms with Gasteiger partial charge < -0.3 is 14.6 Å². The second-order valence-corrected chi connectivity index (χ2v) is 7.36. The molecule has 1 aliphatic carbocycles. The lowest BCUT2D eigenvalue weighted by Crippen LogP contribution is -2.44. The Kier molecular flexibility index (Phi) is 3.05. The van der Waals surface area contributed by atoms with Gasteiger partial charge in [0.05, 0.1) is 6.26 Å². The smallest absolute Gasteiger partial charge is 0.339 e. The van der Waals surface area contributed by atoms with Crippen LogP contribution >= 0.6 is 0 Å². The van der Waals surface area contributed by atoms with Gasteiger partial charge in [-0.05, 0) is 36.2 Å². The number of aromatic carboxylic acids is 1. The standard InChI is InChI=1S/C15H22O4/c1-13(2)7-14(3,4)9-15(18,8-13)11-10(12(16)17)5-6-19-11/h5-6,18H,7-9H2,1-4H3,(H,16,17). The highest BCUT2D eigenvalue weighted by Gasteiger charge is 2.50. The first-order chi connectivity index (χ1) is 8.55. The predicted octanol–water partition coefficient (Wildman–Crippen LogP) is 3.40. The van der Waals surface area contributed by atoms with Crippen LogP contribution in [-0.4, -0.2) is 16.2 Å². The Morgan fingerprint density at radius 3 is 2.16 bits per heavy atom. The van der Waals surface area contributed by atoms with Gasteiger partial charge in [0.1, 0.15) is 16.9 Å². The molecule has 106 valence electrons. The third-order valence-corrected chi connectivity index (χ3v) is 3.82. The molecular formula is C15H22O4. The van der Waals surface area contributed by atoms with Crippen LogP contribution in [0.3, 0.4) is 0 Å². The van der Waals surface area contributed by atoms with E-state index < -0.39 is 11.6 Å². The van der Waals surface area contributed by atoms with Gasteiger partial charge in [-0.15, -0.1) is 0 Å². The Balaban J connectivity index is 2.46. The van der Waals surface area contributed by atoms with Gasteiger partial charge >= 0.3 is 5.97 Å². The van der Waals surface area contributed by atoms with Crippen molar-refractivity contribution in [2.24, 2.45) is 10.8 Å². The molecule has 1 heterocycles. The zero-order valence-corrected chi connectivity index (χ0v) is 12.0. The molecule has 0 radical (unpaired) electrons. The summed E-state index contributed by atoms with van der Waals surface area (Å²) in [5, 5.41) is 20.2. The average Bonchev–Trinajstić information content (AvgIpc) is 2.59. The summed E-state index contributed by atoms with van der Waals surface area (Å²) < 4.78 is 5.32. The summed E-state index contributed by atoms with van der Waals surface area (Å²) in [6, 6.07) is 1.41. The van der Waals surface area contributed by atoms with Gasteiger partial charge in [0.25, 0.3) is 0 Å². The quantitative estimate of drug-likeness (QED) is 0.860. The van der Waals surface area contributed by atoms with Gasteiger partial charge in [0.2, 0.25) is 0 Å². The minimum atomic E-state index is -1.21. The molecule has 0 spiro atoms. The summed E-state index contributed by atoms with van der Waals surface area (Å²) in [7, 11) is 0. The number of hydrogen-bond acceptors (Lipinski definition) is 3. The molecule has 1 aromatic heterocycles. The molecule has 1 fully saturated rings. The summed E-state index contributed by atoms with van der Waals surface area (Å²) in [6.07, 6.45) is 3.35. The molecule has 0 bridgehead atoms. The van der Waals surface area contributed by atoms with E-state index in [1.165, 1.54) is 12.3 Å². The molecule has 0 saturated heterocycles. The number of rotatable bonds is 2. The van der Waals surface area contributed by atoms with E-state index >= 15 is 0 Å². The van der Waals surface area contributed by atoms with Crippen LogP contribution in [0.2, 0.25) is 0 Å². The molecule has 4 nitrogen and oxygen atoms in total. The fraction of sp³-hybridized carbons (Fsp3) is 0.667. The number of furan rings is 1. The van der Waals surface area contributed by atoms with Crippen LogP contribution < -0.4 is 0 Å². The predicted molar refractivity (Wildman–Crippen MR) is 71.0 cm³/mol. The normalized spacial score (nSPS) is 24.1. The molecule has 2 rings (SSSR count). The summed E-state index contributed by atoms with van der Waals surface area (Å²) in [5.74, 6) is -0.862. The van der Waals surface area contributed by atoms with E-state index in [0.29, 0.717) is 12.8 Å². The molecule has 1 saturated carbocycles. The van der Waals surface area contributed by atoms with Crippen molar-refractivity contribution in [2.45, 2.75) is 52.6 Å². The molecule has 19 heavy (non-hydrogen) atoms. The Bertz CT molecular complexity index is 480. The van der Waals surface area contributed by atoms with E-state index in [0.717, 1.165) is 6.42 Å². The lowest BCUT2D eigenvalue weighted by Gasteiger charge is -2.48. The van der Waals surface area contributed by atoms with Crippen LogP contribution in [0, 0.1) is 10.8 Å². The third kappa shape index (κ3) is 2.68. The van der Waals surface area contributed by atoms with E-state index in [2.05, 4.69) is 27.7 Å². The van der Waals surface area contributed by atoms with Crippen LogP contribution in [-0.2, 0) is 5.60 Å².